The minimum absolute atomic E-state index is 0.0253. The van der Waals surface area contributed by atoms with Crippen LogP contribution in [0.1, 0.15) is 23.7 Å². The maximum absolute atomic E-state index is 11.8. The number of hydrogen-bond acceptors (Lipinski definition) is 6. The first-order chi connectivity index (χ1) is 11.2. The Morgan fingerprint density at radius 1 is 1.25 bits per heavy atom. The standard InChI is InChI=1S/C15H19N3O6/c1-10(15(21)17(2)3)24-13(19)8-9-16-14(20)11-4-6-12(7-5-11)18(22)23/h4-7,10H,8-9H2,1-3H3,(H,16,20)/t10-/m0/s1. The molecule has 130 valence electrons. The van der Waals surface area contributed by atoms with Gasteiger partial charge in [0.05, 0.1) is 11.3 Å². The fourth-order valence-electron chi connectivity index (χ4n) is 1.78. The normalized spacial score (nSPS) is 11.3. The van der Waals surface area contributed by atoms with Crippen molar-refractivity contribution >= 4 is 23.5 Å². The monoisotopic (exact) mass is 337 g/mol. The van der Waals surface area contributed by atoms with E-state index in [0.717, 1.165) is 0 Å². The van der Waals surface area contributed by atoms with Gasteiger partial charge in [0, 0.05) is 38.3 Å². The maximum atomic E-state index is 11.8. The number of amides is 2. The molecule has 0 aliphatic carbocycles. The second-order valence-corrected chi connectivity index (χ2v) is 5.17. The molecule has 0 radical (unpaired) electrons. The van der Waals surface area contributed by atoms with Gasteiger partial charge in [-0.3, -0.25) is 24.5 Å². The number of rotatable bonds is 7. The molecule has 9 nitrogen and oxygen atoms in total. The van der Waals surface area contributed by atoms with E-state index in [9.17, 15) is 24.5 Å². The summed E-state index contributed by atoms with van der Waals surface area (Å²) in [6, 6.07) is 5.09. The van der Waals surface area contributed by atoms with Crippen LogP contribution in [0, 0.1) is 10.1 Å². The molecule has 0 spiro atoms. The number of nitro groups is 1. The third kappa shape index (κ3) is 5.67. The molecule has 0 unspecified atom stereocenters. The zero-order valence-corrected chi connectivity index (χ0v) is 13.6. The molecule has 0 heterocycles. The zero-order chi connectivity index (χ0) is 18.3. The summed E-state index contributed by atoms with van der Waals surface area (Å²) in [7, 11) is 3.11. The van der Waals surface area contributed by atoms with Crippen molar-refractivity contribution in [2.45, 2.75) is 19.4 Å². The van der Waals surface area contributed by atoms with Crippen molar-refractivity contribution in [1.29, 1.82) is 0 Å². The molecular formula is C15H19N3O6. The fraction of sp³-hybridized carbons (Fsp3) is 0.400. The third-order valence-electron chi connectivity index (χ3n) is 3.05. The Morgan fingerprint density at radius 3 is 2.33 bits per heavy atom. The summed E-state index contributed by atoms with van der Waals surface area (Å²) in [6.07, 6.45) is -0.984. The molecular weight excluding hydrogens is 318 g/mol. The van der Waals surface area contributed by atoms with Gasteiger partial charge in [-0.1, -0.05) is 0 Å². The summed E-state index contributed by atoms with van der Waals surface area (Å²) in [5.41, 5.74) is 0.125. The Kier molecular flexibility index (Phi) is 6.84. The topological polar surface area (TPSA) is 119 Å². The van der Waals surface area contributed by atoms with Crippen molar-refractivity contribution in [3.63, 3.8) is 0 Å². The Hall–Kier alpha value is -2.97. The van der Waals surface area contributed by atoms with Gasteiger partial charge in [-0.2, -0.15) is 0 Å². The van der Waals surface area contributed by atoms with Gasteiger partial charge in [-0.05, 0) is 19.1 Å². The van der Waals surface area contributed by atoms with E-state index < -0.39 is 22.9 Å². The molecule has 1 aromatic rings. The number of hydrogen-bond donors (Lipinski definition) is 1. The average Bonchev–Trinajstić information content (AvgIpc) is 2.53. The molecule has 1 aromatic carbocycles. The molecule has 0 fully saturated rings. The highest BCUT2D eigenvalue weighted by atomic mass is 16.6. The quantitative estimate of drug-likeness (QED) is 0.445. The van der Waals surface area contributed by atoms with Gasteiger partial charge >= 0.3 is 5.97 Å². The summed E-state index contributed by atoms with van der Waals surface area (Å²) in [5.74, 6) is -1.41. The molecule has 0 aliphatic rings. The lowest BCUT2D eigenvalue weighted by Crippen LogP contribution is -2.35. The van der Waals surface area contributed by atoms with Crippen molar-refractivity contribution in [2.75, 3.05) is 20.6 Å². The van der Waals surface area contributed by atoms with Crippen LogP contribution in [0.5, 0.6) is 0 Å². The van der Waals surface area contributed by atoms with Gasteiger partial charge < -0.3 is 15.0 Å². The molecule has 0 aliphatic heterocycles. The van der Waals surface area contributed by atoms with Gasteiger partial charge in [-0.15, -0.1) is 0 Å². The minimum atomic E-state index is -0.891. The van der Waals surface area contributed by atoms with Gasteiger partial charge in [-0.25, -0.2) is 0 Å². The maximum Gasteiger partial charge on any atom is 0.308 e. The van der Waals surface area contributed by atoms with Crippen LogP contribution in [0.3, 0.4) is 0 Å². The molecule has 0 bridgehead atoms. The van der Waals surface area contributed by atoms with Crippen molar-refractivity contribution in [2.24, 2.45) is 0 Å². The van der Waals surface area contributed by atoms with Crippen LogP contribution in [0.4, 0.5) is 5.69 Å². The minimum Gasteiger partial charge on any atom is -0.452 e. The predicted molar refractivity (Wildman–Crippen MR) is 84.3 cm³/mol. The third-order valence-corrected chi connectivity index (χ3v) is 3.05. The van der Waals surface area contributed by atoms with E-state index in [0.29, 0.717) is 0 Å². The average molecular weight is 337 g/mol. The molecule has 1 N–H and O–H groups in total. The highest BCUT2D eigenvalue weighted by Crippen LogP contribution is 2.11. The second-order valence-electron chi connectivity index (χ2n) is 5.17. The first-order valence-corrected chi connectivity index (χ1v) is 7.15. The van der Waals surface area contributed by atoms with Crippen molar-refractivity contribution in [3.8, 4) is 0 Å². The van der Waals surface area contributed by atoms with E-state index in [-0.39, 0.29) is 30.1 Å². The van der Waals surface area contributed by atoms with Gasteiger partial charge in [0.25, 0.3) is 17.5 Å². The highest BCUT2D eigenvalue weighted by molar-refractivity contribution is 5.94. The smallest absolute Gasteiger partial charge is 0.308 e. The second kappa shape index (κ2) is 8.61. The van der Waals surface area contributed by atoms with Gasteiger partial charge in [0.15, 0.2) is 6.10 Å². The van der Waals surface area contributed by atoms with Crippen LogP contribution in [0.2, 0.25) is 0 Å². The van der Waals surface area contributed by atoms with Gasteiger partial charge in [0.1, 0.15) is 0 Å². The highest BCUT2D eigenvalue weighted by Gasteiger charge is 2.19. The van der Waals surface area contributed by atoms with E-state index in [2.05, 4.69) is 5.32 Å². The van der Waals surface area contributed by atoms with E-state index in [4.69, 9.17) is 4.74 Å². The van der Waals surface area contributed by atoms with Crippen LogP contribution in [0.15, 0.2) is 24.3 Å². The van der Waals surface area contributed by atoms with Crippen LogP contribution in [-0.2, 0) is 14.3 Å². The van der Waals surface area contributed by atoms with Crippen LogP contribution in [0.25, 0.3) is 0 Å². The molecule has 0 saturated heterocycles. The molecule has 0 aromatic heterocycles. The number of carbonyl (C=O) groups excluding carboxylic acids is 3. The SMILES string of the molecule is C[C@H](OC(=O)CCNC(=O)c1ccc([N+](=O)[O-])cc1)C(=O)N(C)C. The molecule has 0 saturated carbocycles. The number of likely N-dealkylation sites (N-methyl/N-ethyl adjacent to an activating group) is 1. The van der Waals surface area contributed by atoms with E-state index in [1.807, 2.05) is 0 Å². The number of nitro benzene ring substituents is 1. The first kappa shape index (κ1) is 19.1. The Bertz CT molecular complexity index is 627. The van der Waals surface area contributed by atoms with Crippen molar-refractivity contribution in [1.82, 2.24) is 10.2 Å². The Labute approximate surface area is 138 Å². The molecule has 24 heavy (non-hydrogen) atoms. The van der Waals surface area contributed by atoms with Crippen LogP contribution in [-0.4, -0.2) is 54.4 Å². The van der Waals surface area contributed by atoms with Gasteiger partial charge in [0.2, 0.25) is 0 Å². The van der Waals surface area contributed by atoms with Crippen LogP contribution >= 0.6 is 0 Å². The fourth-order valence-corrected chi connectivity index (χ4v) is 1.78. The lowest BCUT2D eigenvalue weighted by Gasteiger charge is -2.17. The Morgan fingerprint density at radius 2 is 1.83 bits per heavy atom. The largest absolute Gasteiger partial charge is 0.452 e. The zero-order valence-electron chi connectivity index (χ0n) is 13.6. The first-order valence-electron chi connectivity index (χ1n) is 7.15. The van der Waals surface area contributed by atoms with Crippen LogP contribution < -0.4 is 5.32 Å². The number of esters is 1. The summed E-state index contributed by atoms with van der Waals surface area (Å²) in [5, 5.41) is 13.0. The lowest BCUT2D eigenvalue weighted by molar-refractivity contribution is -0.384. The molecule has 1 atom stereocenters. The number of carbonyl (C=O) groups is 3. The lowest BCUT2D eigenvalue weighted by atomic mass is 10.2. The summed E-state index contributed by atoms with van der Waals surface area (Å²) >= 11 is 0. The van der Waals surface area contributed by atoms with E-state index in [1.54, 1.807) is 14.1 Å². The number of nitrogens with zero attached hydrogens (tertiary/aromatic N) is 2. The molecule has 2 amide bonds. The van der Waals surface area contributed by atoms with Crippen molar-refractivity contribution in [3.05, 3.63) is 39.9 Å². The molecule has 1 rings (SSSR count). The number of nitrogens with one attached hydrogen (secondary N) is 1. The molecule has 9 heteroatoms. The summed E-state index contributed by atoms with van der Waals surface area (Å²) in [4.78, 5) is 46.3. The Balaban J connectivity index is 2.41. The summed E-state index contributed by atoms with van der Waals surface area (Å²) < 4.78 is 4.95. The predicted octanol–water partition coefficient (Wildman–Crippen LogP) is 0.735. The summed E-state index contributed by atoms with van der Waals surface area (Å²) in [6.45, 7) is 1.49. The number of ether oxygens (including phenoxy) is 1. The van der Waals surface area contributed by atoms with Crippen molar-refractivity contribution < 1.29 is 24.0 Å². The number of benzene rings is 1. The van der Waals surface area contributed by atoms with E-state index >= 15 is 0 Å². The van der Waals surface area contributed by atoms with E-state index in [1.165, 1.54) is 36.1 Å². The number of non-ortho nitro benzene ring substituents is 1.